The number of nitrogens with zero attached hydrogens (tertiary/aromatic N) is 2. The third-order valence-corrected chi connectivity index (χ3v) is 3.73. The van der Waals surface area contributed by atoms with Gasteiger partial charge in [0.2, 0.25) is 0 Å². The Morgan fingerprint density at radius 2 is 2.15 bits per heavy atom. The second-order valence-corrected chi connectivity index (χ2v) is 5.83. The summed E-state index contributed by atoms with van der Waals surface area (Å²) in [6, 6.07) is 4.22. The molecule has 0 heterocycles. The zero-order valence-corrected chi connectivity index (χ0v) is 12.3. The maximum absolute atomic E-state index is 12.5. The topological polar surface area (TPSA) is 63.5 Å². The number of nitro groups is 1. The molecule has 0 aromatic heterocycles. The molecule has 0 N–H and O–H groups in total. The van der Waals surface area contributed by atoms with Crippen molar-refractivity contribution in [2.75, 3.05) is 6.54 Å². The molecule has 0 aliphatic heterocycles. The fraction of sp³-hybridized carbons (Fsp3) is 0.500. The lowest BCUT2D eigenvalue weighted by Gasteiger charge is -2.27. The molecule has 1 fully saturated rings. The number of benzene rings is 1. The number of halogens is 1. The van der Waals surface area contributed by atoms with Crippen LogP contribution in [0.3, 0.4) is 0 Å². The normalized spacial score (nSPS) is 14.4. The third-order valence-electron chi connectivity index (χ3n) is 3.43. The lowest BCUT2D eigenvalue weighted by Crippen LogP contribution is -2.38. The van der Waals surface area contributed by atoms with E-state index in [1.165, 1.54) is 18.2 Å². The van der Waals surface area contributed by atoms with Gasteiger partial charge in [0.15, 0.2) is 0 Å². The van der Waals surface area contributed by atoms with E-state index < -0.39 is 4.92 Å². The van der Waals surface area contributed by atoms with Gasteiger partial charge >= 0.3 is 0 Å². The molecule has 0 atom stereocenters. The molecule has 2 rings (SSSR count). The van der Waals surface area contributed by atoms with Gasteiger partial charge in [-0.25, -0.2) is 0 Å². The van der Waals surface area contributed by atoms with Crippen molar-refractivity contribution >= 4 is 23.2 Å². The van der Waals surface area contributed by atoms with Gasteiger partial charge in [0, 0.05) is 24.2 Å². The number of amides is 1. The Balaban J connectivity index is 2.22. The van der Waals surface area contributed by atoms with Gasteiger partial charge < -0.3 is 4.90 Å². The molecular formula is C14H17ClN2O3. The zero-order valence-electron chi connectivity index (χ0n) is 11.5. The predicted molar refractivity (Wildman–Crippen MR) is 77.0 cm³/mol. The molecule has 0 bridgehead atoms. The van der Waals surface area contributed by atoms with E-state index in [-0.39, 0.29) is 22.7 Å². The average Bonchev–Trinajstić information content (AvgIpc) is 3.18. The highest BCUT2D eigenvalue weighted by Gasteiger charge is 2.29. The Morgan fingerprint density at radius 3 is 2.60 bits per heavy atom. The van der Waals surface area contributed by atoms with Crippen LogP contribution in [0.1, 0.15) is 37.0 Å². The molecule has 0 spiro atoms. The van der Waals surface area contributed by atoms with Crippen molar-refractivity contribution in [1.82, 2.24) is 4.90 Å². The molecular weight excluding hydrogens is 280 g/mol. The fourth-order valence-corrected chi connectivity index (χ4v) is 2.31. The van der Waals surface area contributed by atoms with Gasteiger partial charge in [-0.2, -0.15) is 0 Å². The summed E-state index contributed by atoms with van der Waals surface area (Å²) in [5.74, 6) is 0.471. The van der Waals surface area contributed by atoms with Gasteiger partial charge in [-0.1, -0.05) is 11.6 Å². The third kappa shape index (κ3) is 3.28. The molecule has 1 amide bonds. The summed E-state index contributed by atoms with van der Waals surface area (Å²) in [5, 5.41) is 10.7. The zero-order chi connectivity index (χ0) is 14.9. The minimum absolute atomic E-state index is 0.00372. The van der Waals surface area contributed by atoms with Gasteiger partial charge in [-0.15, -0.1) is 0 Å². The van der Waals surface area contributed by atoms with Crippen molar-refractivity contribution in [3.8, 4) is 0 Å². The number of hydrogen-bond acceptors (Lipinski definition) is 3. The Labute approximate surface area is 122 Å². The van der Waals surface area contributed by atoms with Crippen LogP contribution in [0.2, 0.25) is 5.02 Å². The van der Waals surface area contributed by atoms with Gasteiger partial charge in [0.1, 0.15) is 5.02 Å². The van der Waals surface area contributed by atoms with E-state index in [1.54, 1.807) is 4.90 Å². The van der Waals surface area contributed by atoms with E-state index in [2.05, 4.69) is 0 Å². The molecule has 1 aliphatic carbocycles. The van der Waals surface area contributed by atoms with Crippen LogP contribution >= 0.6 is 11.6 Å². The van der Waals surface area contributed by atoms with Crippen molar-refractivity contribution in [1.29, 1.82) is 0 Å². The SMILES string of the molecule is CC(C)N(CC1CC1)C(=O)c1ccc([N+](=O)[O-])c(Cl)c1. The number of hydrogen-bond donors (Lipinski definition) is 0. The van der Waals surface area contributed by atoms with Gasteiger partial charge in [0.05, 0.1) is 4.92 Å². The van der Waals surface area contributed by atoms with Crippen LogP contribution in [0, 0.1) is 16.0 Å². The van der Waals surface area contributed by atoms with E-state index in [4.69, 9.17) is 11.6 Å². The largest absolute Gasteiger partial charge is 0.336 e. The lowest BCUT2D eigenvalue weighted by molar-refractivity contribution is -0.384. The van der Waals surface area contributed by atoms with Gasteiger partial charge in [-0.3, -0.25) is 14.9 Å². The van der Waals surface area contributed by atoms with Crippen molar-refractivity contribution < 1.29 is 9.72 Å². The van der Waals surface area contributed by atoms with E-state index >= 15 is 0 Å². The first kappa shape index (κ1) is 14.8. The summed E-state index contributed by atoms with van der Waals surface area (Å²) in [5.41, 5.74) is 0.219. The highest BCUT2D eigenvalue weighted by molar-refractivity contribution is 6.33. The minimum atomic E-state index is -0.555. The summed E-state index contributed by atoms with van der Waals surface area (Å²) in [6.45, 7) is 4.67. The first-order valence-corrected chi connectivity index (χ1v) is 7.03. The molecule has 1 aliphatic rings. The quantitative estimate of drug-likeness (QED) is 0.617. The smallest absolute Gasteiger partial charge is 0.287 e. The maximum atomic E-state index is 12.5. The van der Waals surface area contributed by atoms with Crippen LogP contribution in [0.25, 0.3) is 0 Å². The molecule has 0 radical (unpaired) electrons. The highest BCUT2D eigenvalue weighted by atomic mass is 35.5. The number of carbonyl (C=O) groups is 1. The molecule has 1 aromatic carbocycles. The van der Waals surface area contributed by atoms with Crippen LogP contribution in [0.15, 0.2) is 18.2 Å². The van der Waals surface area contributed by atoms with E-state index in [0.29, 0.717) is 11.5 Å². The first-order chi connectivity index (χ1) is 9.40. The molecule has 1 aromatic rings. The van der Waals surface area contributed by atoms with Gasteiger partial charge in [-0.05, 0) is 44.7 Å². The predicted octanol–water partition coefficient (Wildman–Crippen LogP) is 3.51. The molecule has 0 saturated heterocycles. The molecule has 1 saturated carbocycles. The van der Waals surface area contributed by atoms with Crippen LogP contribution < -0.4 is 0 Å². The second-order valence-electron chi connectivity index (χ2n) is 5.42. The number of rotatable bonds is 5. The Hall–Kier alpha value is -1.62. The second kappa shape index (κ2) is 5.79. The monoisotopic (exact) mass is 296 g/mol. The Morgan fingerprint density at radius 1 is 1.50 bits per heavy atom. The lowest BCUT2D eigenvalue weighted by atomic mass is 10.1. The average molecular weight is 297 g/mol. The van der Waals surface area contributed by atoms with E-state index in [9.17, 15) is 14.9 Å². The fourth-order valence-electron chi connectivity index (χ4n) is 2.06. The van der Waals surface area contributed by atoms with Crippen molar-refractivity contribution in [3.63, 3.8) is 0 Å². The highest BCUT2D eigenvalue weighted by Crippen LogP contribution is 2.31. The Bertz CT molecular complexity index is 541. The summed E-state index contributed by atoms with van der Waals surface area (Å²) >= 11 is 5.86. The summed E-state index contributed by atoms with van der Waals surface area (Å²) in [7, 11) is 0. The number of carbonyl (C=O) groups excluding carboxylic acids is 1. The van der Waals surface area contributed by atoms with E-state index in [1.807, 2.05) is 13.8 Å². The first-order valence-electron chi connectivity index (χ1n) is 6.65. The summed E-state index contributed by atoms with van der Waals surface area (Å²) in [6.07, 6.45) is 2.33. The van der Waals surface area contributed by atoms with Gasteiger partial charge in [0.25, 0.3) is 11.6 Å². The van der Waals surface area contributed by atoms with E-state index in [0.717, 1.165) is 19.4 Å². The maximum Gasteiger partial charge on any atom is 0.287 e. The molecule has 6 heteroatoms. The molecule has 0 unspecified atom stereocenters. The van der Waals surface area contributed by atoms with Crippen LogP contribution in [0.5, 0.6) is 0 Å². The van der Waals surface area contributed by atoms with Crippen LogP contribution in [-0.2, 0) is 0 Å². The minimum Gasteiger partial charge on any atom is -0.336 e. The molecule has 20 heavy (non-hydrogen) atoms. The van der Waals surface area contributed by atoms with Crippen LogP contribution in [-0.4, -0.2) is 28.3 Å². The van der Waals surface area contributed by atoms with Crippen LogP contribution in [0.4, 0.5) is 5.69 Å². The molecule has 5 nitrogen and oxygen atoms in total. The number of nitro benzene ring substituents is 1. The Kier molecular flexibility index (Phi) is 4.28. The van der Waals surface area contributed by atoms with Crippen molar-refractivity contribution in [3.05, 3.63) is 38.9 Å². The molecule has 108 valence electrons. The summed E-state index contributed by atoms with van der Waals surface area (Å²) in [4.78, 5) is 24.5. The van der Waals surface area contributed by atoms with Crippen molar-refractivity contribution in [2.45, 2.75) is 32.7 Å². The van der Waals surface area contributed by atoms with Crippen molar-refractivity contribution in [2.24, 2.45) is 5.92 Å². The standard InChI is InChI=1S/C14H17ClN2O3/c1-9(2)16(8-10-3-4-10)14(18)11-5-6-13(17(19)20)12(15)7-11/h5-7,9-10H,3-4,8H2,1-2H3. The summed E-state index contributed by atoms with van der Waals surface area (Å²) < 4.78 is 0.